The van der Waals surface area contributed by atoms with E-state index in [0.29, 0.717) is 0 Å². The fourth-order valence-corrected chi connectivity index (χ4v) is 9.71. The van der Waals surface area contributed by atoms with Gasteiger partial charge in [-0.2, -0.15) is 0 Å². The summed E-state index contributed by atoms with van der Waals surface area (Å²) >= 11 is 5.89. The van der Waals surface area contributed by atoms with E-state index in [1.165, 1.54) is 31.8 Å². The molecule has 0 heterocycles. The van der Waals surface area contributed by atoms with Crippen molar-refractivity contribution in [2.75, 3.05) is 34.7 Å². The number of halogens is 1. The molecule has 6 aromatic rings. The Morgan fingerprint density at radius 3 is 0.708 bits per heavy atom. The van der Waals surface area contributed by atoms with Crippen LogP contribution in [-0.2, 0) is 21.1 Å². The molecule has 0 aromatic heterocycles. The molecule has 0 saturated heterocycles. The Balaban J connectivity index is 0.000000207. The molecule has 0 spiro atoms. The van der Waals surface area contributed by atoms with Gasteiger partial charge in [0.1, 0.15) is 0 Å². The van der Waals surface area contributed by atoms with Crippen LogP contribution in [0, 0.1) is 0 Å². The first-order valence-corrected chi connectivity index (χ1v) is 18.9. The summed E-state index contributed by atoms with van der Waals surface area (Å²) in [4.78, 5) is 4.05. The van der Waals surface area contributed by atoms with Crippen molar-refractivity contribution < 1.29 is 21.1 Å². The maximum Gasteiger partial charge on any atom is 0.0973 e. The van der Waals surface area contributed by atoms with Gasteiger partial charge in [0.05, 0.1) is 5.50 Å². The minimum absolute atomic E-state index is 0. The molecule has 1 atom stereocenters. The Labute approximate surface area is 310 Å². The van der Waals surface area contributed by atoms with E-state index in [-0.39, 0.29) is 26.6 Å². The third kappa shape index (κ3) is 12.8. The van der Waals surface area contributed by atoms with E-state index >= 15 is 0 Å². The number of hydrogen-bond acceptors (Lipinski definition) is 2. The molecule has 0 radical (unpaired) electrons. The summed E-state index contributed by atoms with van der Waals surface area (Å²) in [5, 5.41) is 8.39. The zero-order valence-corrected chi connectivity index (χ0v) is 33.7. The second-order valence-electron chi connectivity index (χ2n) is 11.3. The van der Waals surface area contributed by atoms with E-state index in [0.717, 1.165) is 6.54 Å². The molecule has 0 aliphatic heterocycles. The third-order valence-electron chi connectivity index (χ3n) is 7.16. The Morgan fingerprint density at radius 2 is 0.583 bits per heavy atom. The van der Waals surface area contributed by atoms with Crippen molar-refractivity contribution in [1.82, 2.24) is 9.80 Å². The van der Waals surface area contributed by atoms with Crippen LogP contribution in [0.2, 0.25) is 0 Å². The summed E-state index contributed by atoms with van der Waals surface area (Å²) in [7, 11) is 7.08. The maximum atomic E-state index is 5.89. The first-order valence-electron chi connectivity index (χ1n) is 15.8. The van der Waals surface area contributed by atoms with Crippen LogP contribution in [0.15, 0.2) is 182 Å². The van der Waals surface area contributed by atoms with Crippen molar-refractivity contribution in [3.8, 4) is 0 Å². The maximum absolute atomic E-state index is 5.89. The largest absolute Gasteiger partial charge is 0.307 e. The van der Waals surface area contributed by atoms with Crippen LogP contribution in [0.3, 0.4) is 0 Å². The smallest absolute Gasteiger partial charge is 0.0973 e. The van der Waals surface area contributed by atoms with Crippen LogP contribution in [0.25, 0.3) is 0 Å². The van der Waals surface area contributed by atoms with Crippen LogP contribution >= 0.6 is 27.4 Å². The van der Waals surface area contributed by atoms with Gasteiger partial charge < -0.3 is 4.90 Å². The monoisotopic (exact) mass is 858 g/mol. The van der Waals surface area contributed by atoms with Crippen LogP contribution in [0.4, 0.5) is 0 Å². The predicted molar refractivity (Wildman–Crippen MR) is 212 cm³/mol. The van der Waals surface area contributed by atoms with Crippen molar-refractivity contribution in [2.45, 2.75) is 5.50 Å². The summed E-state index contributed by atoms with van der Waals surface area (Å²) < 4.78 is 0. The predicted octanol–water partition coefficient (Wildman–Crippen LogP) is 7.56. The molecule has 0 aliphatic rings. The Bertz CT molecular complexity index is 1360. The molecule has 2 nitrogen and oxygen atoms in total. The molecule has 0 saturated carbocycles. The molecular formula is C42H45ClN2P2W. The normalized spacial score (nSPS) is 11.2. The number of rotatable bonds is 9. The van der Waals surface area contributed by atoms with E-state index in [9.17, 15) is 0 Å². The summed E-state index contributed by atoms with van der Waals surface area (Å²) in [5.41, 5.74) is 0.125. The van der Waals surface area contributed by atoms with Crippen LogP contribution in [-0.4, -0.2) is 50.0 Å². The van der Waals surface area contributed by atoms with Gasteiger partial charge in [-0.15, -0.1) is 11.6 Å². The van der Waals surface area contributed by atoms with E-state index in [4.69, 9.17) is 11.6 Å². The van der Waals surface area contributed by atoms with E-state index < -0.39 is 15.8 Å². The van der Waals surface area contributed by atoms with Gasteiger partial charge in [0, 0.05) is 27.6 Å². The van der Waals surface area contributed by atoms with Crippen molar-refractivity contribution in [1.29, 1.82) is 0 Å². The number of likely N-dealkylation sites (N-methyl/N-ethyl adjacent to an activating group) is 2. The molecular weight excluding hydrogens is 814 g/mol. The fourth-order valence-electron chi connectivity index (χ4n) is 4.82. The van der Waals surface area contributed by atoms with Crippen LogP contribution in [0.5, 0.6) is 0 Å². The van der Waals surface area contributed by atoms with E-state index in [2.05, 4.69) is 187 Å². The van der Waals surface area contributed by atoms with Crippen molar-refractivity contribution in [3.05, 3.63) is 182 Å². The van der Waals surface area contributed by atoms with E-state index in [1.807, 2.05) is 33.1 Å². The van der Waals surface area contributed by atoms with Gasteiger partial charge in [-0.3, -0.25) is 4.90 Å². The van der Waals surface area contributed by atoms with Crippen molar-refractivity contribution >= 4 is 59.3 Å². The first-order chi connectivity index (χ1) is 22.9. The summed E-state index contributed by atoms with van der Waals surface area (Å²) in [5.74, 6) is 0. The third-order valence-corrected chi connectivity index (χ3v) is 12.6. The molecule has 0 bridgehead atoms. The molecule has 6 aromatic carbocycles. The quantitative estimate of drug-likeness (QED) is 0.0843. The van der Waals surface area contributed by atoms with Gasteiger partial charge in [-0.1, -0.05) is 182 Å². The summed E-state index contributed by atoms with van der Waals surface area (Å²) in [6.07, 6.45) is 0. The molecule has 48 heavy (non-hydrogen) atoms. The van der Waals surface area contributed by atoms with Crippen LogP contribution in [0.1, 0.15) is 0 Å². The zero-order valence-electron chi connectivity index (χ0n) is 28.2. The van der Waals surface area contributed by atoms with Gasteiger partial charge in [0.25, 0.3) is 0 Å². The number of hydrogen-bond donors (Lipinski definition) is 0. The number of benzene rings is 6. The molecule has 6 rings (SSSR count). The Morgan fingerprint density at radius 1 is 0.396 bits per heavy atom. The van der Waals surface area contributed by atoms with Crippen molar-refractivity contribution in [3.63, 3.8) is 0 Å². The average molecular weight is 859 g/mol. The van der Waals surface area contributed by atoms with Crippen molar-refractivity contribution in [2.24, 2.45) is 0 Å². The van der Waals surface area contributed by atoms with Gasteiger partial charge in [-0.05, 0) is 75.9 Å². The van der Waals surface area contributed by atoms with Crippen LogP contribution < -0.4 is 31.8 Å². The topological polar surface area (TPSA) is 6.48 Å². The summed E-state index contributed by atoms with van der Waals surface area (Å²) in [6.45, 7) is 0.897. The fraction of sp³-hybridized carbons (Fsp3) is 0.143. The molecule has 6 heteroatoms. The zero-order chi connectivity index (χ0) is 33.3. The van der Waals surface area contributed by atoms with Gasteiger partial charge in [-0.25, -0.2) is 0 Å². The molecule has 0 amide bonds. The molecule has 0 fully saturated rings. The van der Waals surface area contributed by atoms with Gasteiger partial charge in [0.15, 0.2) is 0 Å². The second-order valence-corrected chi connectivity index (χ2v) is 16.3. The minimum atomic E-state index is -0.446. The van der Waals surface area contributed by atoms with Gasteiger partial charge in [0.2, 0.25) is 0 Å². The Kier molecular flexibility index (Phi) is 18.1. The number of nitrogens with zero attached hydrogens (tertiary/aromatic N) is 2. The van der Waals surface area contributed by atoms with E-state index in [1.54, 1.807) is 0 Å². The minimum Gasteiger partial charge on any atom is -0.307 e. The molecule has 1 unspecified atom stereocenters. The standard InChI is InChI=1S/2C18H15P.C6H15ClN2.W/c2*1-4-10-16(11-5-1)19(17-12-6-2-7-13-17)18-14-8-3-9-15-18;1-8(2)5-6(7)9(3)4;/h2*1-15H;6H,5H2,1-4H3;. The summed E-state index contributed by atoms with van der Waals surface area (Å²) in [6, 6.07) is 64.7. The SMILES string of the molecule is CN(C)CC(Cl)N(C)C.[W].c1ccc(P(c2ccccc2)c2ccccc2)cc1.c1ccc(P(c2ccccc2)c2ccccc2)cc1. The second kappa shape index (κ2) is 21.9. The molecule has 246 valence electrons. The number of alkyl halides is 1. The van der Waals surface area contributed by atoms with Gasteiger partial charge >= 0.3 is 0 Å². The Hall–Kier alpha value is -2.92. The first kappa shape index (κ1) is 39.5. The molecule has 0 aliphatic carbocycles. The molecule has 0 N–H and O–H groups in total. The average Bonchev–Trinajstić information content (AvgIpc) is 3.12.